The van der Waals surface area contributed by atoms with Crippen LogP contribution >= 0.6 is 0 Å². The molecule has 0 radical (unpaired) electrons. The van der Waals surface area contributed by atoms with E-state index in [1.165, 1.54) is 12.8 Å². The quantitative estimate of drug-likeness (QED) is 0.839. The van der Waals surface area contributed by atoms with Gasteiger partial charge in [0, 0.05) is 18.3 Å². The molecular formula is C13H21N3O. The highest BCUT2D eigenvalue weighted by Gasteiger charge is 2.20. The maximum Gasteiger partial charge on any atom is 0.237 e. The summed E-state index contributed by atoms with van der Waals surface area (Å²) in [6.45, 7) is 2.60. The van der Waals surface area contributed by atoms with E-state index in [-0.39, 0.29) is 0 Å². The first-order chi connectivity index (χ1) is 8.29. The average molecular weight is 235 g/mol. The van der Waals surface area contributed by atoms with Gasteiger partial charge < -0.3 is 15.8 Å². The van der Waals surface area contributed by atoms with Gasteiger partial charge in [0.15, 0.2) is 0 Å². The summed E-state index contributed by atoms with van der Waals surface area (Å²) >= 11 is 0. The van der Waals surface area contributed by atoms with E-state index >= 15 is 0 Å². The number of anilines is 1. The SMILES string of the molecule is CCOc1ncccc1NC1CCCC(N)C1. The Bertz CT molecular complexity index is 356. The monoisotopic (exact) mass is 235 g/mol. The number of nitrogens with zero attached hydrogens (tertiary/aromatic N) is 1. The standard InChI is InChI=1S/C13H21N3O/c1-2-17-13-12(7-4-8-15-13)16-11-6-3-5-10(14)9-11/h4,7-8,10-11,16H,2-3,5-6,9,14H2,1H3. The number of hydrogen-bond donors (Lipinski definition) is 2. The first-order valence-corrected chi connectivity index (χ1v) is 6.39. The van der Waals surface area contributed by atoms with Crippen LogP contribution in [0.3, 0.4) is 0 Å². The van der Waals surface area contributed by atoms with Crippen molar-refractivity contribution in [2.75, 3.05) is 11.9 Å². The molecule has 2 atom stereocenters. The molecule has 94 valence electrons. The van der Waals surface area contributed by atoms with E-state index < -0.39 is 0 Å². The Kier molecular flexibility index (Phi) is 4.20. The van der Waals surface area contributed by atoms with Crippen LogP contribution in [0, 0.1) is 0 Å². The number of aromatic nitrogens is 1. The van der Waals surface area contributed by atoms with E-state index in [0.29, 0.717) is 24.6 Å². The number of nitrogens with two attached hydrogens (primary N) is 1. The van der Waals surface area contributed by atoms with E-state index in [9.17, 15) is 0 Å². The van der Waals surface area contributed by atoms with Gasteiger partial charge in [-0.25, -0.2) is 4.98 Å². The second kappa shape index (κ2) is 5.87. The van der Waals surface area contributed by atoms with Gasteiger partial charge in [-0.05, 0) is 44.7 Å². The van der Waals surface area contributed by atoms with Crippen LogP contribution in [0.25, 0.3) is 0 Å². The number of rotatable bonds is 4. The molecule has 0 saturated heterocycles. The van der Waals surface area contributed by atoms with Gasteiger partial charge in [-0.15, -0.1) is 0 Å². The van der Waals surface area contributed by atoms with Crippen molar-refractivity contribution < 1.29 is 4.74 Å². The van der Waals surface area contributed by atoms with Crippen LogP contribution in [-0.2, 0) is 0 Å². The molecule has 4 heteroatoms. The first-order valence-electron chi connectivity index (χ1n) is 6.39. The largest absolute Gasteiger partial charge is 0.476 e. The molecular weight excluding hydrogens is 214 g/mol. The molecule has 0 amide bonds. The summed E-state index contributed by atoms with van der Waals surface area (Å²) in [6, 6.07) is 4.71. The molecule has 3 N–H and O–H groups in total. The van der Waals surface area contributed by atoms with Crippen LogP contribution < -0.4 is 15.8 Å². The normalized spacial score (nSPS) is 24.4. The van der Waals surface area contributed by atoms with E-state index in [1.54, 1.807) is 6.20 Å². The van der Waals surface area contributed by atoms with E-state index in [1.807, 2.05) is 19.1 Å². The summed E-state index contributed by atoms with van der Waals surface area (Å²) < 4.78 is 5.50. The lowest BCUT2D eigenvalue weighted by molar-refractivity contribution is 0.327. The molecule has 2 rings (SSSR count). The minimum Gasteiger partial charge on any atom is -0.476 e. The van der Waals surface area contributed by atoms with Crippen molar-refractivity contribution >= 4 is 5.69 Å². The summed E-state index contributed by atoms with van der Waals surface area (Å²) in [6.07, 6.45) is 6.30. The molecule has 1 aromatic heterocycles. The van der Waals surface area contributed by atoms with Crippen molar-refractivity contribution in [1.29, 1.82) is 0 Å². The zero-order valence-corrected chi connectivity index (χ0v) is 10.4. The Morgan fingerprint density at radius 1 is 1.53 bits per heavy atom. The fraction of sp³-hybridized carbons (Fsp3) is 0.615. The zero-order chi connectivity index (χ0) is 12.1. The minimum absolute atomic E-state index is 0.327. The van der Waals surface area contributed by atoms with Crippen LogP contribution in [0.4, 0.5) is 5.69 Å². The molecule has 0 bridgehead atoms. The second-order valence-corrected chi connectivity index (χ2v) is 4.56. The molecule has 0 aromatic carbocycles. The van der Waals surface area contributed by atoms with Crippen molar-refractivity contribution in [2.45, 2.75) is 44.7 Å². The molecule has 1 aromatic rings. The number of nitrogens with one attached hydrogen (secondary N) is 1. The van der Waals surface area contributed by atoms with Crippen molar-refractivity contribution in [2.24, 2.45) is 5.73 Å². The highest BCUT2D eigenvalue weighted by atomic mass is 16.5. The third kappa shape index (κ3) is 3.33. The molecule has 17 heavy (non-hydrogen) atoms. The second-order valence-electron chi connectivity index (χ2n) is 4.56. The maximum absolute atomic E-state index is 5.99. The molecule has 1 aliphatic carbocycles. The molecule has 1 aliphatic rings. The zero-order valence-electron chi connectivity index (χ0n) is 10.4. The number of ether oxygens (including phenoxy) is 1. The first kappa shape index (κ1) is 12.2. The smallest absolute Gasteiger partial charge is 0.237 e. The van der Waals surface area contributed by atoms with Gasteiger partial charge in [-0.2, -0.15) is 0 Å². The van der Waals surface area contributed by atoms with Crippen molar-refractivity contribution in [3.05, 3.63) is 18.3 Å². The topological polar surface area (TPSA) is 60.2 Å². The maximum atomic E-state index is 5.99. The van der Waals surface area contributed by atoms with E-state index in [2.05, 4.69) is 10.3 Å². The Labute approximate surface area is 103 Å². The van der Waals surface area contributed by atoms with Crippen molar-refractivity contribution in [3.63, 3.8) is 0 Å². The van der Waals surface area contributed by atoms with Crippen LogP contribution in [0.2, 0.25) is 0 Å². The third-order valence-electron chi connectivity index (χ3n) is 3.13. The van der Waals surface area contributed by atoms with Crippen molar-refractivity contribution in [3.8, 4) is 5.88 Å². The predicted octanol–water partition coefficient (Wildman–Crippen LogP) is 2.16. The average Bonchev–Trinajstić information content (AvgIpc) is 2.32. The minimum atomic E-state index is 0.327. The van der Waals surface area contributed by atoms with Gasteiger partial charge in [0.25, 0.3) is 0 Å². The third-order valence-corrected chi connectivity index (χ3v) is 3.13. The summed E-state index contributed by atoms with van der Waals surface area (Å²) in [5.41, 5.74) is 6.97. The Morgan fingerprint density at radius 2 is 2.41 bits per heavy atom. The van der Waals surface area contributed by atoms with Gasteiger partial charge in [0.2, 0.25) is 5.88 Å². The molecule has 4 nitrogen and oxygen atoms in total. The number of pyridine rings is 1. The summed E-state index contributed by atoms with van der Waals surface area (Å²) in [4.78, 5) is 4.24. The van der Waals surface area contributed by atoms with E-state index in [4.69, 9.17) is 10.5 Å². The lowest BCUT2D eigenvalue weighted by Gasteiger charge is -2.28. The van der Waals surface area contributed by atoms with Gasteiger partial charge >= 0.3 is 0 Å². The van der Waals surface area contributed by atoms with Gasteiger partial charge in [0.05, 0.1) is 12.3 Å². The lowest BCUT2D eigenvalue weighted by Crippen LogP contribution is -2.35. The molecule has 2 unspecified atom stereocenters. The van der Waals surface area contributed by atoms with E-state index in [0.717, 1.165) is 18.5 Å². The van der Waals surface area contributed by atoms with Crippen LogP contribution in [0.1, 0.15) is 32.6 Å². The molecule has 1 fully saturated rings. The van der Waals surface area contributed by atoms with Crippen molar-refractivity contribution in [1.82, 2.24) is 4.98 Å². The predicted molar refractivity (Wildman–Crippen MR) is 69.3 cm³/mol. The Morgan fingerprint density at radius 3 is 3.18 bits per heavy atom. The summed E-state index contributed by atoms with van der Waals surface area (Å²) in [5, 5.41) is 3.50. The van der Waals surface area contributed by atoms with Crippen LogP contribution in [0.5, 0.6) is 5.88 Å². The molecule has 0 spiro atoms. The summed E-state index contributed by atoms with van der Waals surface area (Å²) in [5.74, 6) is 0.689. The fourth-order valence-corrected chi connectivity index (χ4v) is 2.33. The van der Waals surface area contributed by atoms with Gasteiger partial charge in [-0.1, -0.05) is 0 Å². The fourth-order valence-electron chi connectivity index (χ4n) is 2.33. The Hall–Kier alpha value is -1.29. The van der Waals surface area contributed by atoms with Gasteiger partial charge in [-0.3, -0.25) is 0 Å². The number of hydrogen-bond acceptors (Lipinski definition) is 4. The molecule has 0 aliphatic heterocycles. The highest BCUT2D eigenvalue weighted by Crippen LogP contribution is 2.26. The highest BCUT2D eigenvalue weighted by molar-refractivity contribution is 5.52. The van der Waals surface area contributed by atoms with Gasteiger partial charge in [0.1, 0.15) is 0 Å². The van der Waals surface area contributed by atoms with Crippen LogP contribution in [-0.4, -0.2) is 23.7 Å². The van der Waals surface area contributed by atoms with Crippen LogP contribution in [0.15, 0.2) is 18.3 Å². The molecule has 1 saturated carbocycles. The molecule has 1 heterocycles. The summed E-state index contributed by atoms with van der Waals surface area (Å²) in [7, 11) is 0. The lowest BCUT2D eigenvalue weighted by atomic mass is 9.91. The Balaban J connectivity index is 2.01.